The number of hydrogen-bond acceptors (Lipinski definition) is 1. The maximum Gasteiger partial charge on any atom is 0.0109 e. The summed E-state index contributed by atoms with van der Waals surface area (Å²) in [6.07, 6.45) is 27.8. The number of rotatable bonds is 6. The highest BCUT2D eigenvalue weighted by atomic mass is 14.5. The largest absolute Gasteiger partial charge is 0.327 e. The molecule has 0 unspecified atom stereocenters. The Balaban J connectivity index is 2.22. The molecule has 96 valence electrons. The van der Waals surface area contributed by atoms with E-state index >= 15 is 0 Å². The van der Waals surface area contributed by atoms with Crippen LogP contribution in [0.3, 0.4) is 0 Å². The van der Waals surface area contributed by atoms with Gasteiger partial charge in [-0.1, -0.05) is 72.4 Å². The van der Waals surface area contributed by atoms with Gasteiger partial charge in [-0.3, -0.25) is 0 Å². The third-order valence-electron chi connectivity index (χ3n) is 2.69. The summed E-state index contributed by atoms with van der Waals surface area (Å²) < 4.78 is 0. The van der Waals surface area contributed by atoms with Crippen molar-refractivity contribution in [1.29, 1.82) is 0 Å². The van der Waals surface area contributed by atoms with Gasteiger partial charge in [-0.05, 0) is 25.7 Å². The van der Waals surface area contributed by atoms with Crippen LogP contribution in [-0.2, 0) is 0 Å². The molecule has 0 saturated carbocycles. The van der Waals surface area contributed by atoms with Crippen molar-refractivity contribution in [2.45, 2.75) is 25.7 Å². The van der Waals surface area contributed by atoms with E-state index in [9.17, 15) is 0 Å². The van der Waals surface area contributed by atoms with Gasteiger partial charge in [-0.2, -0.15) is 0 Å². The minimum atomic E-state index is 0.592. The summed E-state index contributed by atoms with van der Waals surface area (Å²) in [7, 11) is 0. The summed E-state index contributed by atoms with van der Waals surface area (Å²) in [6, 6.07) is 0. The quantitative estimate of drug-likeness (QED) is 0.692. The molecule has 0 aromatic rings. The molecule has 1 nitrogen and oxygen atoms in total. The normalized spacial score (nSPS) is 17.9. The molecular weight excluding hydrogens is 218 g/mol. The lowest BCUT2D eigenvalue weighted by molar-refractivity contribution is 0.712. The average molecular weight is 241 g/mol. The zero-order valence-corrected chi connectivity index (χ0v) is 11.0. The maximum absolute atomic E-state index is 5.32. The second kappa shape index (κ2) is 10.5. The van der Waals surface area contributed by atoms with Crippen molar-refractivity contribution in [1.82, 2.24) is 0 Å². The first-order valence-electron chi connectivity index (χ1n) is 6.66. The van der Waals surface area contributed by atoms with Crippen molar-refractivity contribution >= 4 is 0 Å². The van der Waals surface area contributed by atoms with Gasteiger partial charge in [0.15, 0.2) is 0 Å². The van der Waals surface area contributed by atoms with Crippen molar-refractivity contribution in [3.63, 3.8) is 0 Å². The molecule has 0 bridgehead atoms. The van der Waals surface area contributed by atoms with Crippen LogP contribution in [0.25, 0.3) is 0 Å². The molecule has 1 aliphatic rings. The predicted molar refractivity (Wildman–Crippen MR) is 81.3 cm³/mol. The van der Waals surface area contributed by atoms with Crippen molar-refractivity contribution in [2.75, 3.05) is 6.54 Å². The summed E-state index contributed by atoms with van der Waals surface area (Å²) >= 11 is 0. The van der Waals surface area contributed by atoms with E-state index in [1.165, 1.54) is 31.3 Å². The second-order valence-corrected chi connectivity index (χ2v) is 4.20. The molecule has 0 amide bonds. The van der Waals surface area contributed by atoms with Crippen molar-refractivity contribution in [3.8, 4) is 0 Å². The lowest BCUT2D eigenvalue weighted by Crippen LogP contribution is -1.91. The number of nitrogens with two attached hydrogens (primary N) is 1. The Morgan fingerprint density at radius 1 is 0.889 bits per heavy atom. The fourth-order valence-corrected chi connectivity index (χ4v) is 1.74. The van der Waals surface area contributed by atoms with Crippen molar-refractivity contribution in [3.05, 3.63) is 72.4 Å². The predicted octanol–water partition coefficient (Wildman–Crippen LogP) is 4.23. The van der Waals surface area contributed by atoms with Crippen LogP contribution < -0.4 is 5.73 Å². The smallest absolute Gasteiger partial charge is 0.0109 e. The van der Waals surface area contributed by atoms with E-state index in [2.05, 4.69) is 24.3 Å². The lowest BCUT2D eigenvalue weighted by Gasteiger charge is -2.07. The van der Waals surface area contributed by atoms with Crippen LogP contribution in [0.2, 0.25) is 0 Å². The van der Waals surface area contributed by atoms with Crippen LogP contribution in [0.1, 0.15) is 25.7 Å². The lowest BCUT2D eigenvalue weighted by atomic mass is 9.99. The molecule has 0 aromatic carbocycles. The van der Waals surface area contributed by atoms with Gasteiger partial charge in [0, 0.05) is 6.54 Å². The zero-order valence-electron chi connectivity index (χ0n) is 11.0. The van der Waals surface area contributed by atoms with Crippen LogP contribution in [0.15, 0.2) is 72.4 Å². The first-order valence-corrected chi connectivity index (χ1v) is 6.66. The summed E-state index contributed by atoms with van der Waals surface area (Å²) in [5.74, 6) is 0. The van der Waals surface area contributed by atoms with Crippen LogP contribution in [0.5, 0.6) is 0 Å². The molecular formula is C17H23N. The zero-order chi connectivity index (χ0) is 12.9. The molecule has 0 saturated heterocycles. The van der Waals surface area contributed by atoms with Crippen LogP contribution in [-0.4, -0.2) is 6.54 Å². The first-order chi connectivity index (χ1) is 8.93. The Morgan fingerprint density at radius 2 is 1.56 bits per heavy atom. The van der Waals surface area contributed by atoms with Gasteiger partial charge in [-0.25, -0.2) is 0 Å². The van der Waals surface area contributed by atoms with Gasteiger partial charge in [0.05, 0.1) is 0 Å². The maximum atomic E-state index is 5.32. The van der Waals surface area contributed by atoms with Crippen molar-refractivity contribution < 1.29 is 0 Å². The Morgan fingerprint density at radius 3 is 2.17 bits per heavy atom. The average Bonchev–Trinajstić information content (AvgIpc) is 2.42. The highest BCUT2D eigenvalue weighted by Crippen LogP contribution is 2.17. The van der Waals surface area contributed by atoms with E-state index < -0.39 is 0 Å². The van der Waals surface area contributed by atoms with Gasteiger partial charge >= 0.3 is 0 Å². The molecule has 0 heterocycles. The van der Waals surface area contributed by atoms with E-state index in [4.69, 9.17) is 5.73 Å². The molecule has 1 rings (SSSR count). The van der Waals surface area contributed by atoms with E-state index in [0.29, 0.717) is 6.54 Å². The molecule has 1 heteroatoms. The third-order valence-corrected chi connectivity index (χ3v) is 2.69. The number of allylic oxidation sites excluding steroid dienone is 11. The van der Waals surface area contributed by atoms with Gasteiger partial charge in [0.2, 0.25) is 0 Å². The Hall–Kier alpha value is -1.60. The minimum absolute atomic E-state index is 0.592. The van der Waals surface area contributed by atoms with E-state index in [1.54, 1.807) is 0 Å². The fourth-order valence-electron chi connectivity index (χ4n) is 1.74. The number of hydrogen-bond donors (Lipinski definition) is 1. The third kappa shape index (κ3) is 7.64. The van der Waals surface area contributed by atoms with E-state index in [0.717, 1.165) is 0 Å². The van der Waals surface area contributed by atoms with Gasteiger partial charge in [-0.15, -0.1) is 0 Å². The summed E-state index contributed by atoms with van der Waals surface area (Å²) in [6.45, 7) is 0.592. The Labute approximate surface area is 111 Å². The highest BCUT2D eigenvalue weighted by molar-refractivity contribution is 5.25. The topological polar surface area (TPSA) is 26.0 Å². The molecule has 0 aliphatic heterocycles. The van der Waals surface area contributed by atoms with E-state index in [1.807, 2.05) is 42.5 Å². The Bertz CT molecular complexity index is 378. The molecule has 0 aromatic heterocycles. The Kier molecular flexibility index (Phi) is 8.47. The molecule has 1 aliphatic carbocycles. The molecule has 0 spiro atoms. The minimum Gasteiger partial charge on any atom is -0.327 e. The molecule has 18 heavy (non-hydrogen) atoms. The van der Waals surface area contributed by atoms with Crippen LogP contribution in [0, 0.1) is 0 Å². The monoisotopic (exact) mass is 241 g/mol. The molecule has 0 radical (unpaired) electrons. The second-order valence-electron chi connectivity index (χ2n) is 4.20. The molecule has 2 N–H and O–H groups in total. The molecule has 0 fully saturated rings. The summed E-state index contributed by atoms with van der Waals surface area (Å²) in [4.78, 5) is 0. The fraction of sp³-hybridized carbons (Fsp3) is 0.294. The standard InChI is InChI=1S/C17H23N/c18-16-12-7-5-3-1-2-4-6-9-13-17-14-10-8-11-15-17/h1-7,9,12-14H,8,10-11,15-16,18H2/b2-1+,5-3+,6-4+,12-7+,13-9+. The molecule has 0 atom stereocenters. The first kappa shape index (κ1) is 14.5. The van der Waals surface area contributed by atoms with Gasteiger partial charge < -0.3 is 5.73 Å². The highest BCUT2D eigenvalue weighted by Gasteiger charge is 1.98. The summed E-state index contributed by atoms with van der Waals surface area (Å²) in [5, 5.41) is 0. The van der Waals surface area contributed by atoms with Gasteiger partial charge in [0.25, 0.3) is 0 Å². The van der Waals surface area contributed by atoms with Gasteiger partial charge in [0.1, 0.15) is 0 Å². The van der Waals surface area contributed by atoms with Crippen LogP contribution >= 0.6 is 0 Å². The van der Waals surface area contributed by atoms with Crippen molar-refractivity contribution in [2.24, 2.45) is 5.73 Å². The van der Waals surface area contributed by atoms with E-state index in [-0.39, 0.29) is 0 Å². The van der Waals surface area contributed by atoms with Crippen LogP contribution in [0.4, 0.5) is 0 Å². The SMILES string of the molecule is NC/C=C/C=C/C=C/C=C/C=C/C1=CCCCC1. The summed E-state index contributed by atoms with van der Waals surface area (Å²) in [5.41, 5.74) is 6.80.